The van der Waals surface area contributed by atoms with Crippen molar-refractivity contribution in [3.63, 3.8) is 0 Å². The van der Waals surface area contributed by atoms with Crippen LogP contribution in [0.25, 0.3) is 0 Å². The van der Waals surface area contributed by atoms with E-state index < -0.39 is 0 Å². The van der Waals surface area contributed by atoms with E-state index in [0.29, 0.717) is 17.1 Å². The molecule has 2 aromatic rings. The molecule has 1 heterocycles. The Morgan fingerprint density at radius 1 is 1.50 bits per heavy atom. The minimum atomic E-state index is 0.0656. The highest BCUT2D eigenvalue weighted by Gasteiger charge is 2.13. The summed E-state index contributed by atoms with van der Waals surface area (Å²) >= 11 is 11.1. The summed E-state index contributed by atoms with van der Waals surface area (Å²) < 4.78 is 1.06. The summed E-state index contributed by atoms with van der Waals surface area (Å²) in [5.74, 6) is 0.0656. The lowest BCUT2D eigenvalue weighted by molar-refractivity contribution is 0.318. The van der Waals surface area contributed by atoms with Gasteiger partial charge in [0.2, 0.25) is 0 Å². The van der Waals surface area contributed by atoms with Crippen LogP contribution >= 0.6 is 38.9 Å². The maximum absolute atomic E-state index is 8.86. The van der Waals surface area contributed by atoms with Gasteiger partial charge in [0.15, 0.2) is 5.84 Å². The van der Waals surface area contributed by atoms with Crippen LogP contribution in [0.4, 0.5) is 5.69 Å². The molecule has 0 fully saturated rings. The number of anilines is 1. The van der Waals surface area contributed by atoms with Gasteiger partial charge in [0, 0.05) is 38.1 Å². The summed E-state index contributed by atoms with van der Waals surface area (Å²) in [7, 11) is 1.94. The van der Waals surface area contributed by atoms with Crippen molar-refractivity contribution < 1.29 is 5.21 Å². The number of hydrogen-bond donors (Lipinski definition) is 2. The normalized spacial score (nSPS) is 11.7. The molecule has 0 radical (unpaired) electrons. The Labute approximate surface area is 134 Å². The van der Waals surface area contributed by atoms with Crippen molar-refractivity contribution >= 4 is 50.4 Å². The van der Waals surface area contributed by atoms with Crippen LogP contribution in [0.3, 0.4) is 0 Å². The van der Waals surface area contributed by atoms with Crippen LogP contribution in [-0.2, 0) is 6.54 Å². The van der Waals surface area contributed by atoms with E-state index >= 15 is 0 Å². The number of oxime groups is 1. The quantitative estimate of drug-likeness (QED) is 0.369. The molecule has 4 nitrogen and oxygen atoms in total. The Morgan fingerprint density at radius 3 is 2.85 bits per heavy atom. The van der Waals surface area contributed by atoms with Crippen LogP contribution in [0.1, 0.15) is 10.4 Å². The summed E-state index contributed by atoms with van der Waals surface area (Å²) in [5.41, 5.74) is 7.17. The number of nitrogens with two attached hydrogens (primary N) is 1. The molecule has 0 aliphatic rings. The molecule has 0 aliphatic heterocycles. The summed E-state index contributed by atoms with van der Waals surface area (Å²) in [5, 5.41) is 14.6. The van der Waals surface area contributed by atoms with Crippen LogP contribution < -0.4 is 10.6 Å². The molecule has 0 atom stereocenters. The van der Waals surface area contributed by atoms with Gasteiger partial charge in [-0.05, 0) is 40.2 Å². The van der Waals surface area contributed by atoms with E-state index in [1.54, 1.807) is 29.5 Å². The Balaban J connectivity index is 2.32. The second kappa shape index (κ2) is 6.47. The molecule has 20 heavy (non-hydrogen) atoms. The molecule has 0 amide bonds. The molecule has 0 saturated carbocycles. The SMILES string of the molecule is CN(Cc1cc(Br)cs1)c1cc(Cl)ccc1C(N)=NO. The number of rotatable bonds is 4. The van der Waals surface area contributed by atoms with Gasteiger partial charge in [0.05, 0.1) is 6.54 Å². The first kappa shape index (κ1) is 15.2. The second-order valence-corrected chi connectivity index (χ2v) is 6.58. The van der Waals surface area contributed by atoms with Crippen molar-refractivity contribution in [2.24, 2.45) is 10.9 Å². The Morgan fingerprint density at radius 2 is 2.25 bits per heavy atom. The molecular weight excluding hydrogens is 362 g/mol. The number of benzene rings is 1. The van der Waals surface area contributed by atoms with Gasteiger partial charge < -0.3 is 15.8 Å². The first-order chi connectivity index (χ1) is 9.51. The third-order valence-electron chi connectivity index (χ3n) is 2.77. The fraction of sp³-hybridized carbons (Fsp3) is 0.154. The second-order valence-electron chi connectivity index (χ2n) is 4.23. The number of thiophene rings is 1. The van der Waals surface area contributed by atoms with Crippen molar-refractivity contribution in [2.45, 2.75) is 6.54 Å². The van der Waals surface area contributed by atoms with E-state index in [2.05, 4.69) is 27.2 Å². The number of hydrogen-bond acceptors (Lipinski definition) is 4. The van der Waals surface area contributed by atoms with Gasteiger partial charge in [0.25, 0.3) is 0 Å². The first-order valence-electron chi connectivity index (χ1n) is 5.72. The number of halogens is 2. The van der Waals surface area contributed by atoms with Gasteiger partial charge in [-0.25, -0.2) is 0 Å². The molecule has 3 N–H and O–H groups in total. The summed E-state index contributed by atoms with van der Waals surface area (Å²) in [6, 6.07) is 7.33. The van der Waals surface area contributed by atoms with Crippen LogP contribution in [0.2, 0.25) is 5.02 Å². The Bertz CT molecular complexity index is 644. The molecule has 2 rings (SSSR count). The molecule has 106 valence electrons. The van der Waals surface area contributed by atoms with Gasteiger partial charge in [0.1, 0.15) is 0 Å². The molecule has 0 bridgehead atoms. The minimum absolute atomic E-state index is 0.0656. The van der Waals surface area contributed by atoms with Crippen molar-refractivity contribution in [2.75, 3.05) is 11.9 Å². The van der Waals surface area contributed by atoms with E-state index in [1.807, 2.05) is 17.3 Å². The summed E-state index contributed by atoms with van der Waals surface area (Å²) in [6.07, 6.45) is 0. The lowest BCUT2D eigenvalue weighted by Crippen LogP contribution is -2.22. The molecule has 0 spiro atoms. The van der Waals surface area contributed by atoms with Gasteiger partial charge >= 0.3 is 0 Å². The van der Waals surface area contributed by atoms with Crippen molar-refractivity contribution in [1.29, 1.82) is 0 Å². The highest BCUT2D eigenvalue weighted by molar-refractivity contribution is 9.10. The van der Waals surface area contributed by atoms with Crippen LogP contribution in [0, 0.1) is 0 Å². The van der Waals surface area contributed by atoms with Crippen molar-refractivity contribution in [3.05, 3.63) is 49.6 Å². The van der Waals surface area contributed by atoms with Crippen LogP contribution in [0.15, 0.2) is 39.3 Å². The highest BCUT2D eigenvalue weighted by Crippen LogP contribution is 2.27. The van der Waals surface area contributed by atoms with Gasteiger partial charge in [-0.3, -0.25) is 0 Å². The van der Waals surface area contributed by atoms with Crippen LogP contribution in [-0.4, -0.2) is 18.1 Å². The smallest absolute Gasteiger partial charge is 0.172 e. The highest BCUT2D eigenvalue weighted by atomic mass is 79.9. The average molecular weight is 375 g/mol. The topological polar surface area (TPSA) is 61.8 Å². The molecule has 7 heteroatoms. The van der Waals surface area contributed by atoms with Gasteiger partial charge in [-0.1, -0.05) is 16.8 Å². The maximum atomic E-state index is 8.86. The van der Waals surface area contributed by atoms with E-state index in [-0.39, 0.29) is 5.84 Å². The monoisotopic (exact) mass is 373 g/mol. The Hall–Kier alpha value is -1.24. The average Bonchev–Trinajstić information content (AvgIpc) is 2.83. The first-order valence-corrected chi connectivity index (χ1v) is 7.78. The molecule has 1 aromatic carbocycles. The predicted octanol–water partition coefficient (Wildman–Crippen LogP) is 3.89. The molecule has 0 unspecified atom stereocenters. The van der Waals surface area contributed by atoms with Crippen molar-refractivity contribution in [1.82, 2.24) is 0 Å². The van der Waals surface area contributed by atoms with E-state index in [9.17, 15) is 0 Å². The van der Waals surface area contributed by atoms with Crippen LogP contribution in [0.5, 0.6) is 0 Å². The van der Waals surface area contributed by atoms with E-state index in [1.165, 1.54) is 4.88 Å². The standard InChI is InChI=1S/C13H13BrClN3OS/c1-18(6-10-4-8(14)7-20-10)12-5-9(15)2-3-11(12)13(16)17-19/h2-5,7,19H,6H2,1H3,(H2,16,17). The Kier molecular flexibility index (Phi) is 4.91. The lowest BCUT2D eigenvalue weighted by Gasteiger charge is -2.21. The minimum Gasteiger partial charge on any atom is -0.409 e. The molecule has 0 saturated heterocycles. The molecule has 1 aromatic heterocycles. The predicted molar refractivity (Wildman–Crippen MR) is 88.1 cm³/mol. The zero-order valence-electron chi connectivity index (χ0n) is 10.7. The third kappa shape index (κ3) is 3.45. The zero-order chi connectivity index (χ0) is 14.7. The maximum Gasteiger partial charge on any atom is 0.172 e. The molecule has 0 aliphatic carbocycles. The zero-order valence-corrected chi connectivity index (χ0v) is 13.8. The van der Waals surface area contributed by atoms with Crippen molar-refractivity contribution in [3.8, 4) is 0 Å². The summed E-state index contributed by atoms with van der Waals surface area (Å²) in [4.78, 5) is 3.21. The third-order valence-corrected chi connectivity index (χ3v) is 4.69. The lowest BCUT2D eigenvalue weighted by atomic mass is 10.1. The van der Waals surface area contributed by atoms with Gasteiger partial charge in [-0.15, -0.1) is 11.3 Å². The molecular formula is C13H13BrClN3OS. The number of nitrogens with zero attached hydrogens (tertiary/aromatic N) is 2. The van der Waals surface area contributed by atoms with Gasteiger partial charge in [-0.2, -0.15) is 0 Å². The fourth-order valence-electron chi connectivity index (χ4n) is 1.85. The van der Waals surface area contributed by atoms with E-state index in [4.69, 9.17) is 22.5 Å². The number of amidine groups is 1. The van der Waals surface area contributed by atoms with E-state index in [0.717, 1.165) is 10.2 Å². The fourth-order valence-corrected chi connectivity index (χ4v) is 3.52. The largest absolute Gasteiger partial charge is 0.409 e. The summed E-state index contributed by atoms with van der Waals surface area (Å²) in [6.45, 7) is 0.711.